The molecule has 3 amide bonds. The van der Waals surface area contributed by atoms with Crippen molar-refractivity contribution in [3.05, 3.63) is 42.0 Å². The molecule has 2 saturated carbocycles. The van der Waals surface area contributed by atoms with Gasteiger partial charge in [-0.05, 0) is 55.2 Å². The Hall–Kier alpha value is -2.67. The molecule has 0 aromatic heterocycles. The molecule has 1 aromatic carbocycles. The van der Waals surface area contributed by atoms with Crippen molar-refractivity contribution in [3.63, 3.8) is 0 Å². The fraction of sp³-hybridized carbons (Fsp3) is 0.621. The predicted octanol–water partition coefficient (Wildman–Crippen LogP) is 3.76. The van der Waals surface area contributed by atoms with Gasteiger partial charge in [-0.1, -0.05) is 57.9 Å². The average Bonchev–Trinajstić information content (AvgIpc) is 3.45. The van der Waals surface area contributed by atoms with Gasteiger partial charge in [-0.25, -0.2) is 0 Å². The zero-order chi connectivity index (χ0) is 25.2. The average molecular weight is 492 g/mol. The highest BCUT2D eigenvalue weighted by molar-refractivity contribution is 6.03. The number of nitrogens with one attached hydrogen (secondary N) is 2. The molecule has 7 atom stereocenters. The molecule has 6 rings (SSSR count). The summed E-state index contributed by atoms with van der Waals surface area (Å²) in [5.74, 6) is -0.979. The van der Waals surface area contributed by atoms with E-state index in [0.29, 0.717) is 17.5 Å². The van der Waals surface area contributed by atoms with Gasteiger partial charge in [0.05, 0.1) is 17.9 Å². The maximum Gasteiger partial charge on any atom is 0.246 e. The standard InChI is InChI=1S/C29H37N3O4/c1-16(2)18-8-10-19(11-9-18)30-26(33)23-22-14-15-29(36-22)24(23)28(35)32(20-12-13-20)25(29)27(34)31-21-7-5-4-6-17(21)3/h8-11,14-17,20-25H,4-7,12-13H2,1-3H3,(H,30,33)(H,31,34)/t17?,21?,22-,23-,24+,25?,29+/m0/s1. The monoisotopic (exact) mass is 491 g/mol. The number of carbonyl (C=O) groups excluding carboxylic acids is 3. The van der Waals surface area contributed by atoms with E-state index in [-0.39, 0.29) is 29.8 Å². The quantitative estimate of drug-likeness (QED) is 0.594. The maximum absolute atomic E-state index is 13.9. The number of hydrogen-bond donors (Lipinski definition) is 2. The second-order valence-electron chi connectivity index (χ2n) is 11.8. The first kappa shape index (κ1) is 23.7. The first-order chi connectivity index (χ1) is 17.3. The lowest BCUT2D eigenvalue weighted by atomic mass is 9.74. The zero-order valence-electron chi connectivity index (χ0n) is 21.4. The normalized spacial score (nSPS) is 36.9. The Kier molecular flexibility index (Phi) is 5.74. The van der Waals surface area contributed by atoms with Crippen molar-refractivity contribution < 1.29 is 19.1 Å². The van der Waals surface area contributed by atoms with Crippen molar-refractivity contribution in [1.82, 2.24) is 10.2 Å². The number of amides is 3. The molecule has 3 heterocycles. The number of ether oxygens (including phenoxy) is 1. The van der Waals surface area contributed by atoms with E-state index in [0.717, 1.165) is 32.1 Å². The third kappa shape index (κ3) is 3.69. The van der Waals surface area contributed by atoms with Crippen molar-refractivity contribution in [3.8, 4) is 0 Å². The molecule has 0 radical (unpaired) electrons. The van der Waals surface area contributed by atoms with Crippen LogP contribution in [0.15, 0.2) is 36.4 Å². The lowest BCUT2D eigenvalue weighted by Crippen LogP contribution is -2.57. The van der Waals surface area contributed by atoms with Crippen LogP contribution in [-0.4, -0.2) is 52.5 Å². The lowest BCUT2D eigenvalue weighted by molar-refractivity contribution is -0.142. The fourth-order valence-electron chi connectivity index (χ4n) is 6.92. The Balaban J connectivity index is 1.26. The summed E-state index contributed by atoms with van der Waals surface area (Å²) in [7, 11) is 0. The van der Waals surface area contributed by atoms with Crippen LogP contribution < -0.4 is 10.6 Å². The van der Waals surface area contributed by atoms with Crippen LogP contribution in [0.4, 0.5) is 5.69 Å². The number of rotatable bonds is 6. The highest BCUT2D eigenvalue weighted by atomic mass is 16.5. The summed E-state index contributed by atoms with van der Waals surface area (Å²) in [6.45, 7) is 6.45. The van der Waals surface area contributed by atoms with Gasteiger partial charge in [0.2, 0.25) is 17.7 Å². The van der Waals surface area contributed by atoms with Gasteiger partial charge in [0.1, 0.15) is 11.6 Å². The van der Waals surface area contributed by atoms with Crippen LogP contribution in [0.1, 0.15) is 70.8 Å². The van der Waals surface area contributed by atoms with E-state index in [4.69, 9.17) is 4.74 Å². The van der Waals surface area contributed by atoms with Crippen molar-refractivity contribution in [2.24, 2.45) is 17.8 Å². The van der Waals surface area contributed by atoms with E-state index >= 15 is 0 Å². The summed E-state index contributed by atoms with van der Waals surface area (Å²) in [6.07, 6.45) is 9.45. The van der Waals surface area contributed by atoms with Crippen LogP contribution in [-0.2, 0) is 19.1 Å². The number of nitrogens with zero attached hydrogens (tertiary/aromatic N) is 1. The SMILES string of the molecule is CC(C)c1ccc(NC(=O)[C@H]2[C@@H]3C=C[C@]4(O3)C(C(=O)NC3CCCCC3C)N(C3CC3)C(=O)[C@@H]24)cc1. The molecule has 7 nitrogen and oxygen atoms in total. The molecule has 1 spiro atoms. The number of likely N-dealkylation sites (tertiary alicyclic amines) is 1. The number of fused-ring (bicyclic) bond motifs is 1. The highest BCUT2D eigenvalue weighted by Gasteiger charge is 2.74. The summed E-state index contributed by atoms with van der Waals surface area (Å²) in [5.41, 5.74) is 0.830. The van der Waals surface area contributed by atoms with Gasteiger partial charge in [-0.2, -0.15) is 0 Å². The summed E-state index contributed by atoms with van der Waals surface area (Å²) in [4.78, 5) is 43.0. The summed E-state index contributed by atoms with van der Waals surface area (Å²) in [6, 6.07) is 7.29. The molecule has 3 unspecified atom stereocenters. The highest BCUT2D eigenvalue weighted by Crippen LogP contribution is 2.57. The van der Waals surface area contributed by atoms with Gasteiger partial charge in [-0.15, -0.1) is 0 Å². The van der Waals surface area contributed by atoms with Gasteiger partial charge in [-0.3, -0.25) is 14.4 Å². The molecular weight excluding hydrogens is 454 g/mol. The van der Waals surface area contributed by atoms with E-state index in [2.05, 4.69) is 31.4 Å². The summed E-state index contributed by atoms with van der Waals surface area (Å²) < 4.78 is 6.44. The maximum atomic E-state index is 13.9. The Morgan fingerprint density at radius 3 is 2.44 bits per heavy atom. The van der Waals surface area contributed by atoms with Crippen LogP contribution >= 0.6 is 0 Å². The number of hydrogen-bond acceptors (Lipinski definition) is 4. The third-order valence-electron chi connectivity index (χ3n) is 9.09. The summed E-state index contributed by atoms with van der Waals surface area (Å²) >= 11 is 0. The van der Waals surface area contributed by atoms with Gasteiger partial charge in [0.15, 0.2) is 0 Å². The second-order valence-corrected chi connectivity index (χ2v) is 11.8. The molecule has 2 aliphatic carbocycles. The Bertz CT molecular complexity index is 1090. The van der Waals surface area contributed by atoms with Crippen molar-refractivity contribution >= 4 is 23.4 Å². The van der Waals surface area contributed by atoms with Crippen molar-refractivity contribution in [2.75, 3.05) is 5.32 Å². The molecule has 2 saturated heterocycles. The van der Waals surface area contributed by atoms with Crippen LogP contribution in [0.3, 0.4) is 0 Å². The molecule has 36 heavy (non-hydrogen) atoms. The largest absolute Gasteiger partial charge is 0.359 e. The minimum absolute atomic E-state index is 0.0559. The molecule has 7 heteroatoms. The van der Waals surface area contributed by atoms with Crippen molar-refractivity contribution in [2.45, 2.75) is 95.0 Å². The van der Waals surface area contributed by atoms with E-state index in [1.54, 1.807) is 4.90 Å². The van der Waals surface area contributed by atoms with Crippen LogP contribution in [0.5, 0.6) is 0 Å². The predicted molar refractivity (Wildman–Crippen MR) is 136 cm³/mol. The molecule has 3 aliphatic heterocycles. The molecule has 2 N–H and O–H groups in total. The Labute approximate surface area is 213 Å². The minimum atomic E-state index is -1.07. The lowest BCUT2D eigenvalue weighted by Gasteiger charge is -2.36. The third-order valence-corrected chi connectivity index (χ3v) is 9.09. The molecule has 192 valence electrons. The van der Waals surface area contributed by atoms with Crippen LogP contribution in [0, 0.1) is 17.8 Å². The molecule has 5 aliphatic rings. The van der Waals surface area contributed by atoms with Gasteiger partial charge in [0, 0.05) is 17.8 Å². The topological polar surface area (TPSA) is 87.7 Å². The van der Waals surface area contributed by atoms with Gasteiger partial charge < -0.3 is 20.3 Å². The summed E-state index contributed by atoms with van der Waals surface area (Å²) in [5, 5.41) is 6.30. The van der Waals surface area contributed by atoms with Gasteiger partial charge >= 0.3 is 0 Å². The van der Waals surface area contributed by atoms with E-state index in [9.17, 15) is 14.4 Å². The van der Waals surface area contributed by atoms with Crippen LogP contribution in [0.25, 0.3) is 0 Å². The number of anilines is 1. The minimum Gasteiger partial charge on any atom is -0.359 e. The van der Waals surface area contributed by atoms with Gasteiger partial charge in [0.25, 0.3) is 0 Å². The van der Waals surface area contributed by atoms with Crippen LogP contribution in [0.2, 0.25) is 0 Å². The first-order valence-electron chi connectivity index (χ1n) is 13.7. The van der Waals surface area contributed by atoms with E-state index in [1.165, 1.54) is 12.0 Å². The zero-order valence-corrected chi connectivity index (χ0v) is 21.4. The smallest absolute Gasteiger partial charge is 0.246 e. The number of carbonyl (C=O) groups is 3. The Morgan fingerprint density at radius 2 is 1.78 bits per heavy atom. The first-order valence-corrected chi connectivity index (χ1v) is 13.7. The van der Waals surface area contributed by atoms with E-state index < -0.39 is 29.6 Å². The van der Waals surface area contributed by atoms with E-state index in [1.807, 2.05) is 36.4 Å². The Morgan fingerprint density at radius 1 is 1.06 bits per heavy atom. The molecule has 4 fully saturated rings. The number of benzene rings is 1. The van der Waals surface area contributed by atoms with Crippen molar-refractivity contribution in [1.29, 1.82) is 0 Å². The molecule has 2 bridgehead atoms. The fourth-order valence-corrected chi connectivity index (χ4v) is 6.92. The molecule has 1 aromatic rings. The second kappa shape index (κ2) is 8.72. The molecular formula is C29H37N3O4.